The number of aromatic nitrogens is 2. The number of ether oxygens (including phenoxy) is 2. The van der Waals surface area contributed by atoms with E-state index in [0.717, 1.165) is 65.4 Å². The Morgan fingerprint density at radius 1 is 0.763 bits per heavy atom. The number of benzene rings is 3. The smallest absolute Gasteiger partial charge is 0.320 e. The van der Waals surface area contributed by atoms with Crippen LogP contribution in [0.1, 0.15) is 11.1 Å². The molecule has 0 aliphatic carbocycles. The molecule has 0 unspecified atom stereocenters. The summed E-state index contributed by atoms with van der Waals surface area (Å²) in [5.41, 5.74) is 5.13. The lowest BCUT2D eigenvalue weighted by Gasteiger charge is -2.35. The zero-order valence-electron chi connectivity index (χ0n) is 21.2. The van der Waals surface area contributed by atoms with Gasteiger partial charge in [-0.1, -0.05) is 60.7 Å². The molecule has 0 atom stereocenters. The van der Waals surface area contributed by atoms with E-state index in [4.69, 9.17) is 14.5 Å². The molecule has 1 saturated heterocycles. The summed E-state index contributed by atoms with van der Waals surface area (Å²) >= 11 is 0. The molecule has 0 N–H and O–H groups in total. The van der Waals surface area contributed by atoms with Gasteiger partial charge >= 0.3 is 5.97 Å². The second-order valence-electron chi connectivity index (χ2n) is 9.53. The van der Waals surface area contributed by atoms with Gasteiger partial charge in [0.2, 0.25) is 0 Å². The van der Waals surface area contributed by atoms with Crippen molar-refractivity contribution >= 4 is 28.3 Å². The van der Waals surface area contributed by atoms with Gasteiger partial charge in [0.05, 0.1) is 23.1 Å². The number of piperazine rings is 1. The minimum Gasteiger partial charge on any atom is -0.489 e. The highest BCUT2D eigenvalue weighted by atomic mass is 16.5. The van der Waals surface area contributed by atoms with E-state index in [1.54, 1.807) is 0 Å². The first-order valence-electron chi connectivity index (χ1n) is 13.0. The molecule has 7 heteroatoms. The van der Waals surface area contributed by atoms with Crippen LogP contribution >= 0.6 is 0 Å². The van der Waals surface area contributed by atoms with Gasteiger partial charge in [-0.05, 0) is 35.4 Å². The predicted octanol–water partition coefficient (Wildman–Crippen LogP) is 4.93. The molecule has 0 amide bonds. The molecule has 38 heavy (non-hydrogen) atoms. The van der Waals surface area contributed by atoms with Crippen LogP contribution in [0.2, 0.25) is 0 Å². The van der Waals surface area contributed by atoms with Crippen molar-refractivity contribution in [1.82, 2.24) is 14.3 Å². The Labute approximate surface area is 221 Å². The van der Waals surface area contributed by atoms with Crippen molar-refractivity contribution in [2.45, 2.75) is 13.2 Å². The van der Waals surface area contributed by atoms with Crippen molar-refractivity contribution in [3.63, 3.8) is 0 Å². The molecule has 1 aliphatic heterocycles. The maximum Gasteiger partial charge on any atom is 0.320 e. The molecule has 1 fully saturated rings. The molecule has 192 valence electrons. The highest BCUT2D eigenvalue weighted by Crippen LogP contribution is 2.28. The van der Waals surface area contributed by atoms with Gasteiger partial charge in [0, 0.05) is 38.4 Å². The van der Waals surface area contributed by atoms with Gasteiger partial charge < -0.3 is 18.8 Å². The van der Waals surface area contributed by atoms with Gasteiger partial charge in [-0.25, -0.2) is 4.98 Å². The number of anilines is 1. The second kappa shape index (κ2) is 10.9. The van der Waals surface area contributed by atoms with Crippen LogP contribution in [0.15, 0.2) is 97.2 Å². The van der Waals surface area contributed by atoms with E-state index < -0.39 is 0 Å². The number of rotatable bonds is 8. The van der Waals surface area contributed by atoms with Crippen LogP contribution in [0, 0.1) is 0 Å². The second-order valence-corrected chi connectivity index (χ2v) is 9.53. The Balaban J connectivity index is 1.13. The molecule has 3 heterocycles. The topological polar surface area (TPSA) is 59.3 Å². The van der Waals surface area contributed by atoms with Gasteiger partial charge in [0.25, 0.3) is 0 Å². The Bertz CT molecular complexity index is 1530. The summed E-state index contributed by atoms with van der Waals surface area (Å²) in [5.74, 6) is 1.56. The first kappa shape index (κ1) is 24.0. The SMILES string of the molecule is O=C(CN1CCN(c2nc3cc(OCc4ccccc4)ccc3n3cccc23)CC1)OCc1ccccc1. The van der Waals surface area contributed by atoms with E-state index in [2.05, 4.69) is 50.7 Å². The Hall–Kier alpha value is -4.36. The highest BCUT2D eigenvalue weighted by molar-refractivity contribution is 5.86. The lowest BCUT2D eigenvalue weighted by atomic mass is 10.2. The van der Waals surface area contributed by atoms with Crippen molar-refractivity contribution in [2.24, 2.45) is 0 Å². The van der Waals surface area contributed by atoms with Crippen LogP contribution in [0.4, 0.5) is 5.82 Å². The minimum atomic E-state index is -0.192. The summed E-state index contributed by atoms with van der Waals surface area (Å²) in [6.07, 6.45) is 2.08. The molecular formula is C31H30N4O3. The Morgan fingerprint density at radius 3 is 2.21 bits per heavy atom. The molecule has 1 aliphatic rings. The number of fused-ring (bicyclic) bond motifs is 3. The van der Waals surface area contributed by atoms with Crippen molar-refractivity contribution in [2.75, 3.05) is 37.6 Å². The minimum absolute atomic E-state index is 0.192. The summed E-state index contributed by atoms with van der Waals surface area (Å²) in [7, 11) is 0. The highest BCUT2D eigenvalue weighted by Gasteiger charge is 2.23. The standard InChI is InChI=1S/C31H30N4O3/c36-30(38-23-25-10-5-2-6-11-25)21-33-16-18-34(19-17-33)31-29-12-7-15-35(29)28-14-13-26(20-27(28)32-31)37-22-24-8-3-1-4-9-24/h1-15,20H,16-19,21-23H2. The summed E-state index contributed by atoms with van der Waals surface area (Å²) in [4.78, 5) is 21.9. The summed E-state index contributed by atoms with van der Waals surface area (Å²) in [6.45, 7) is 4.24. The van der Waals surface area contributed by atoms with Crippen molar-refractivity contribution in [3.8, 4) is 5.75 Å². The Kier molecular flexibility index (Phi) is 6.91. The van der Waals surface area contributed by atoms with E-state index in [1.165, 1.54) is 0 Å². The summed E-state index contributed by atoms with van der Waals surface area (Å²) in [6, 6.07) is 30.2. The van der Waals surface area contributed by atoms with Gasteiger partial charge in [-0.2, -0.15) is 0 Å². The van der Waals surface area contributed by atoms with Crippen LogP contribution in [0.25, 0.3) is 16.6 Å². The summed E-state index contributed by atoms with van der Waals surface area (Å²) < 4.78 is 13.7. The van der Waals surface area contributed by atoms with Crippen molar-refractivity contribution < 1.29 is 14.3 Å². The Morgan fingerprint density at radius 2 is 1.47 bits per heavy atom. The largest absolute Gasteiger partial charge is 0.489 e. The third kappa shape index (κ3) is 5.33. The van der Waals surface area contributed by atoms with Crippen molar-refractivity contribution in [1.29, 1.82) is 0 Å². The van der Waals surface area contributed by atoms with E-state index >= 15 is 0 Å². The fourth-order valence-electron chi connectivity index (χ4n) is 4.89. The average molecular weight is 507 g/mol. The molecule has 7 nitrogen and oxygen atoms in total. The van der Waals surface area contributed by atoms with Crippen LogP contribution < -0.4 is 9.64 Å². The summed E-state index contributed by atoms with van der Waals surface area (Å²) in [5, 5.41) is 0. The molecule has 0 radical (unpaired) electrons. The molecular weight excluding hydrogens is 476 g/mol. The van der Waals surface area contributed by atoms with Gasteiger partial charge in [-0.15, -0.1) is 0 Å². The predicted molar refractivity (Wildman–Crippen MR) is 148 cm³/mol. The van der Waals surface area contributed by atoms with Gasteiger partial charge in [0.15, 0.2) is 5.82 Å². The lowest BCUT2D eigenvalue weighted by Crippen LogP contribution is -2.48. The van der Waals surface area contributed by atoms with E-state index in [0.29, 0.717) is 19.8 Å². The maximum atomic E-state index is 12.4. The third-order valence-corrected chi connectivity index (χ3v) is 6.93. The fraction of sp³-hybridized carbons (Fsp3) is 0.226. The quantitative estimate of drug-likeness (QED) is 0.278. The number of hydrogen-bond donors (Lipinski definition) is 0. The number of esters is 1. The number of carbonyl (C=O) groups is 1. The number of carbonyl (C=O) groups excluding carboxylic acids is 1. The maximum absolute atomic E-state index is 12.4. The van der Waals surface area contributed by atoms with E-state index in [9.17, 15) is 4.79 Å². The molecule has 0 saturated carbocycles. The lowest BCUT2D eigenvalue weighted by molar-refractivity contribution is -0.146. The van der Waals surface area contributed by atoms with Crippen LogP contribution in [0.3, 0.4) is 0 Å². The molecule has 0 spiro atoms. The fourth-order valence-corrected chi connectivity index (χ4v) is 4.89. The normalized spacial score (nSPS) is 14.2. The van der Waals surface area contributed by atoms with E-state index in [1.807, 2.05) is 60.7 Å². The molecule has 0 bridgehead atoms. The first-order chi connectivity index (χ1) is 18.7. The van der Waals surface area contributed by atoms with Crippen LogP contribution in [-0.2, 0) is 22.7 Å². The van der Waals surface area contributed by atoms with Crippen LogP contribution in [0.5, 0.6) is 5.75 Å². The van der Waals surface area contributed by atoms with Crippen LogP contribution in [-0.4, -0.2) is 53.0 Å². The number of nitrogens with zero attached hydrogens (tertiary/aromatic N) is 4. The van der Waals surface area contributed by atoms with Gasteiger partial charge in [0.1, 0.15) is 19.0 Å². The molecule has 5 aromatic rings. The molecule has 3 aromatic carbocycles. The first-order valence-corrected chi connectivity index (χ1v) is 13.0. The molecule has 2 aromatic heterocycles. The average Bonchev–Trinajstić information content (AvgIpc) is 3.46. The monoisotopic (exact) mass is 506 g/mol. The van der Waals surface area contributed by atoms with Crippen molar-refractivity contribution in [3.05, 3.63) is 108 Å². The van der Waals surface area contributed by atoms with E-state index in [-0.39, 0.29) is 5.97 Å². The zero-order chi connectivity index (χ0) is 25.7. The zero-order valence-corrected chi connectivity index (χ0v) is 21.2. The third-order valence-electron chi connectivity index (χ3n) is 6.93. The van der Waals surface area contributed by atoms with Gasteiger partial charge in [-0.3, -0.25) is 9.69 Å². The number of hydrogen-bond acceptors (Lipinski definition) is 6. The molecule has 6 rings (SSSR count).